The first-order valence-electron chi connectivity index (χ1n) is 9.93. The van der Waals surface area contributed by atoms with Gasteiger partial charge in [-0.25, -0.2) is 0 Å². The maximum atomic E-state index is 13.2. The van der Waals surface area contributed by atoms with Gasteiger partial charge in [-0.3, -0.25) is 4.79 Å². The van der Waals surface area contributed by atoms with Crippen LogP contribution in [0.3, 0.4) is 0 Å². The molecule has 0 spiro atoms. The van der Waals surface area contributed by atoms with Gasteiger partial charge in [0.05, 0.1) is 5.70 Å². The maximum absolute atomic E-state index is 13.2. The molecule has 4 nitrogen and oxygen atoms in total. The summed E-state index contributed by atoms with van der Waals surface area (Å²) in [5.41, 5.74) is 0.694. The molecule has 30 heavy (non-hydrogen) atoms. The number of nitrogens with zero attached hydrogens (tertiary/aromatic N) is 1. The molecule has 0 saturated heterocycles. The van der Waals surface area contributed by atoms with E-state index >= 15 is 0 Å². The Hall–Kier alpha value is -2.10. The minimum Gasteiger partial charge on any atom is -0.457 e. The van der Waals surface area contributed by atoms with Gasteiger partial charge in [0.25, 0.3) is 0 Å². The van der Waals surface area contributed by atoms with E-state index in [4.69, 9.17) is 10.8 Å². The zero-order chi connectivity index (χ0) is 23.1. The van der Waals surface area contributed by atoms with Gasteiger partial charge in [0.1, 0.15) is 21.9 Å². The van der Waals surface area contributed by atoms with Gasteiger partial charge in [0.2, 0.25) is 6.08 Å². The molecule has 0 aromatic heterocycles. The molecule has 0 bridgehead atoms. The predicted molar refractivity (Wildman–Crippen MR) is 124 cm³/mol. The first-order valence-corrected chi connectivity index (χ1v) is 11.0. The summed E-state index contributed by atoms with van der Waals surface area (Å²) in [4.78, 5) is 13.2. The number of carbonyl (C=O) groups excluding carboxylic acids is 1. The number of carbonyl (C=O) groups is 1. The van der Waals surface area contributed by atoms with Gasteiger partial charge in [0.15, 0.2) is 0 Å². The number of benzene rings is 2. The van der Waals surface area contributed by atoms with Crippen LogP contribution in [0, 0.1) is 16.7 Å². The second-order valence-corrected chi connectivity index (χ2v) is 10.4. The lowest BCUT2D eigenvalue weighted by Gasteiger charge is -2.17. The number of hydrogen-bond acceptors (Lipinski definition) is 4. The number of rotatable bonds is 6. The molecule has 0 amide bonds. The highest BCUT2D eigenvalue weighted by Gasteiger charge is 2.84. The van der Waals surface area contributed by atoms with Crippen molar-refractivity contribution in [2.24, 2.45) is 5.41 Å². The van der Waals surface area contributed by atoms with Gasteiger partial charge in [-0.1, -0.05) is 87.7 Å². The number of nitriles is 1. The van der Waals surface area contributed by atoms with Crippen molar-refractivity contribution in [2.75, 3.05) is 0 Å². The van der Waals surface area contributed by atoms with Crippen LogP contribution < -0.4 is 4.74 Å². The summed E-state index contributed by atoms with van der Waals surface area (Å²) in [7, 11) is 0. The summed E-state index contributed by atoms with van der Waals surface area (Å²) in [5, 5.41) is 9.77. The van der Waals surface area contributed by atoms with Crippen molar-refractivity contribution in [3.63, 3.8) is 0 Å². The summed E-state index contributed by atoms with van der Waals surface area (Å²) >= 11 is 7.24. The van der Waals surface area contributed by atoms with Crippen molar-refractivity contribution >= 4 is 37.8 Å². The molecule has 1 saturated carbocycles. The Bertz CT molecular complexity index is 1080. The summed E-state index contributed by atoms with van der Waals surface area (Å²) in [6.45, 7) is 7.73. The van der Waals surface area contributed by atoms with Crippen LogP contribution in [0.25, 0.3) is 0 Å². The van der Waals surface area contributed by atoms with Crippen LogP contribution in [0.4, 0.5) is 0 Å². The standard InChI is InChI=1S/C24H23Br2NO3/c1-16(2)14-23(25)22(3,4)24(23,26)21(28)30-20(15-27)17-9-8-12-19(13-17)29-18-10-6-5-7-11-18/h5-14,20H,1-4H3/t20?,23-,24+/m1/s1/i20D. The topological polar surface area (TPSA) is 59.3 Å². The van der Waals surface area contributed by atoms with E-state index in [1.165, 1.54) is 6.07 Å². The molecule has 1 fully saturated rings. The fraction of sp³-hybridized carbons (Fsp3) is 0.333. The lowest BCUT2D eigenvalue weighted by molar-refractivity contribution is -0.147. The lowest BCUT2D eigenvalue weighted by atomic mass is 10.1. The third-order valence-electron chi connectivity index (χ3n) is 5.35. The SMILES string of the molecule is [2H]C(C#N)(OC(=O)[C@]1(Br)C(C)(C)[C@]1(Br)C=C(C)C)c1cccc(Oc2ccccc2)c1. The Morgan fingerprint density at radius 1 is 1.13 bits per heavy atom. The molecule has 156 valence electrons. The molecule has 0 aliphatic heterocycles. The third kappa shape index (κ3) is 3.70. The van der Waals surface area contributed by atoms with E-state index in [0.717, 1.165) is 5.57 Å². The summed E-state index contributed by atoms with van der Waals surface area (Å²) in [6.07, 6.45) is -0.277. The molecule has 3 atom stereocenters. The van der Waals surface area contributed by atoms with Crippen molar-refractivity contribution in [2.45, 2.75) is 42.4 Å². The van der Waals surface area contributed by atoms with E-state index in [-0.39, 0.29) is 5.56 Å². The molecule has 2 aromatic carbocycles. The Balaban J connectivity index is 1.88. The zero-order valence-electron chi connectivity index (χ0n) is 18.2. The average molecular weight is 534 g/mol. The van der Waals surface area contributed by atoms with Gasteiger partial charge < -0.3 is 9.47 Å². The van der Waals surface area contributed by atoms with Crippen LogP contribution in [-0.2, 0) is 9.53 Å². The Morgan fingerprint density at radius 3 is 2.37 bits per heavy atom. The van der Waals surface area contributed by atoms with Gasteiger partial charge in [-0.05, 0) is 38.1 Å². The van der Waals surface area contributed by atoms with Gasteiger partial charge in [0, 0.05) is 11.0 Å². The van der Waals surface area contributed by atoms with Crippen LogP contribution >= 0.6 is 31.9 Å². The van der Waals surface area contributed by atoms with Crippen LogP contribution in [0.15, 0.2) is 66.2 Å². The predicted octanol–water partition coefficient (Wildman–Crippen LogP) is 6.86. The lowest BCUT2D eigenvalue weighted by Crippen LogP contribution is -2.28. The highest BCUT2D eigenvalue weighted by atomic mass is 79.9. The molecule has 0 radical (unpaired) electrons. The molecular formula is C24H23Br2NO3. The monoisotopic (exact) mass is 532 g/mol. The molecule has 1 aliphatic carbocycles. The van der Waals surface area contributed by atoms with E-state index in [9.17, 15) is 10.1 Å². The fourth-order valence-corrected chi connectivity index (χ4v) is 6.00. The average Bonchev–Trinajstić information content (AvgIpc) is 3.07. The molecule has 3 rings (SSSR count). The van der Waals surface area contributed by atoms with Crippen molar-refractivity contribution in [3.8, 4) is 17.6 Å². The van der Waals surface area contributed by atoms with Crippen LogP contribution in [0.1, 0.15) is 40.7 Å². The van der Waals surface area contributed by atoms with Crippen molar-refractivity contribution in [3.05, 3.63) is 71.8 Å². The highest BCUT2D eigenvalue weighted by molar-refractivity contribution is 9.13. The Kier molecular flexibility index (Phi) is 5.78. The van der Waals surface area contributed by atoms with Crippen LogP contribution in [-0.4, -0.2) is 14.6 Å². The number of ether oxygens (including phenoxy) is 2. The largest absolute Gasteiger partial charge is 0.457 e. The summed E-state index contributed by atoms with van der Waals surface area (Å²) < 4.78 is 18.1. The van der Waals surface area contributed by atoms with Crippen molar-refractivity contribution in [1.82, 2.24) is 0 Å². The van der Waals surface area contributed by atoms with Crippen LogP contribution in [0.2, 0.25) is 0 Å². The number of halogens is 2. The molecule has 1 aliphatic rings. The van der Waals surface area contributed by atoms with E-state index in [0.29, 0.717) is 11.5 Å². The number of esters is 1. The molecule has 0 N–H and O–H groups in total. The summed E-state index contributed by atoms with van der Waals surface area (Å²) in [6, 6.07) is 17.5. The van der Waals surface area contributed by atoms with E-state index in [1.54, 1.807) is 30.3 Å². The van der Waals surface area contributed by atoms with Gasteiger partial charge >= 0.3 is 5.97 Å². The normalized spacial score (nSPS) is 26.4. The molecule has 0 heterocycles. The van der Waals surface area contributed by atoms with Gasteiger partial charge in [-0.15, -0.1) is 0 Å². The minimum absolute atomic E-state index is 0.203. The van der Waals surface area contributed by atoms with Crippen molar-refractivity contribution < 1.29 is 15.6 Å². The van der Waals surface area contributed by atoms with E-state index < -0.39 is 26.1 Å². The van der Waals surface area contributed by atoms with Crippen LogP contribution in [0.5, 0.6) is 11.5 Å². The van der Waals surface area contributed by atoms with Gasteiger partial charge in [-0.2, -0.15) is 5.26 Å². The number of hydrogen-bond donors (Lipinski definition) is 0. The molecule has 1 unspecified atom stereocenters. The maximum Gasteiger partial charge on any atom is 0.326 e. The highest BCUT2D eigenvalue weighted by Crippen LogP contribution is 2.76. The zero-order valence-corrected chi connectivity index (χ0v) is 20.4. The molecule has 2 aromatic rings. The third-order valence-corrected chi connectivity index (χ3v) is 9.64. The fourth-order valence-electron chi connectivity index (χ4n) is 3.52. The first kappa shape index (κ1) is 21.1. The quantitative estimate of drug-likeness (QED) is 0.231. The first-order chi connectivity index (χ1) is 14.4. The second-order valence-electron chi connectivity index (χ2n) is 7.99. The number of allylic oxidation sites excluding steroid dienone is 2. The Labute approximate surface area is 195 Å². The molecule has 6 heteroatoms. The Morgan fingerprint density at radius 2 is 1.77 bits per heavy atom. The minimum atomic E-state index is -2.23. The smallest absolute Gasteiger partial charge is 0.326 e. The number of para-hydroxylation sites is 1. The number of alkyl halides is 2. The molecular weight excluding hydrogens is 510 g/mol. The van der Waals surface area contributed by atoms with Crippen molar-refractivity contribution in [1.29, 1.82) is 5.26 Å². The summed E-state index contributed by atoms with van der Waals surface area (Å²) in [5.74, 6) is 0.373. The van der Waals surface area contributed by atoms with E-state index in [1.807, 2.05) is 58.0 Å². The second kappa shape index (κ2) is 8.20. The van der Waals surface area contributed by atoms with E-state index in [2.05, 4.69) is 31.9 Å².